The van der Waals surface area contributed by atoms with Gasteiger partial charge in [0.1, 0.15) is 12.3 Å². The van der Waals surface area contributed by atoms with Crippen molar-refractivity contribution < 1.29 is 27.5 Å². The minimum atomic E-state index is -4.08. The number of hydrogen-bond donors (Lipinski definition) is 2. The number of amides is 2. The Kier molecular flexibility index (Phi) is 10.3. The lowest BCUT2D eigenvalue weighted by atomic mass is 10.2. The summed E-state index contributed by atoms with van der Waals surface area (Å²) in [6.45, 7) is 2.30. The van der Waals surface area contributed by atoms with Crippen LogP contribution in [0.3, 0.4) is 0 Å². The number of nitrogens with zero attached hydrogens (tertiary/aromatic N) is 2. The highest BCUT2D eigenvalue weighted by molar-refractivity contribution is 7.92. The van der Waals surface area contributed by atoms with E-state index in [-0.39, 0.29) is 29.2 Å². The molecule has 10 nitrogen and oxygen atoms in total. The maximum absolute atomic E-state index is 13.5. The number of anilines is 1. The largest absolute Gasteiger partial charge is 0.484 e. The van der Waals surface area contributed by atoms with Crippen LogP contribution in [0.25, 0.3) is 0 Å². The van der Waals surface area contributed by atoms with Crippen LogP contribution in [-0.2, 0) is 24.3 Å². The van der Waals surface area contributed by atoms with Crippen molar-refractivity contribution in [3.8, 4) is 5.75 Å². The molecule has 0 saturated carbocycles. The predicted octanol–water partition coefficient (Wildman–Crippen LogP) is 3.67. The standard InChI is InChI=1S/C29H31ClN4O6S/c1-21-9-12-23(30)16-27(21)34(41(37,38)26-7-3-2-4-8-26)19-28(35)33-32-17-22-10-13-24(14-11-22)40-20-29(36)31-18-25-6-5-15-39-25/h2-4,7-14,16-17,25H,5-6,15,18-20H2,1H3,(H,31,36)(H,33,35)/b32-17-/t25-/m0/s1. The van der Waals surface area contributed by atoms with E-state index in [4.69, 9.17) is 21.1 Å². The summed E-state index contributed by atoms with van der Waals surface area (Å²) >= 11 is 6.15. The zero-order valence-electron chi connectivity index (χ0n) is 22.5. The van der Waals surface area contributed by atoms with E-state index in [0.29, 0.717) is 28.4 Å². The molecule has 0 bridgehead atoms. The van der Waals surface area contributed by atoms with Crippen molar-refractivity contribution in [2.24, 2.45) is 5.10 Å². The number of hydrazone groups is 1. The third-order valence-electron chi connectivity index (χ3n) is 6.26. The van der Waals surface area contributed by atoms with E-state index in [1.165, 1.54) is 24.4 Å². The Hall–Kier alpha value is -3.93. The van der Waals surface area contributed by atoms with Gasteiger partial charge in [-0.05, 0) is 79.4 Å². The van der Waals surface area contributed by atoms with Crippen LogP contribution in [0.5, 0.6) is 5.75 Å². The van der Waals surface area contributed by atoms with Crippen LogP contribution in [0.1, 0.15) is 24.0 Å². The van der Waals surface area contributed by atoms with Crippen molar-refractivity contribution >= 4 is 45.3 Å². The van der Waals surface area contributed by atoms with Crippen molar-refractivity contribution in [3.05, 3.63) is 88.9 Å². The monoisotopic (exact) mass is 598 g/mol. The quantitative estimate of drug-likeness (QED) is 0.242. The summed E-state index contributed by atoms with van der Waals surface area (Å²) in [7, 11) is -4.08. The summed E-state index contributed by atoms with van der Waals surface area (Å²) in [6.07, 6.45) is 3.43. The number of aryl methyl sites for hydroxylation is 1. The molecule has 1 atom stereocenters. The summed E-state index contributed by atoms with van der Waals surface area (Å²) in [5.74, 6) is -0.378. The molecule has 2 amide bonds. The van der Waals surface area contributed by atoms with E-state index in [9.17, 15) is 18.0 Å². The van der Waals surface area contributed by atoms with Crippen molar-refractivity contribution in [1.82, 2.24) is 10.7 Å². The molecule has 12 heteroatoms. The minimum Gasteiger partial charge on any atom is -0.484 e. The van der Waals surface area contributed by atoms with E-state index in [1.807, 2.05) is 0 Å². The molecule has 1 heterocycles. The summed E-state index contributed by atoms with van der Waals surface area (Å²) in [4.78, 5) is 24.8. The van der Waals surface area contributed by atoms with Crippen molar-refractivity contribution in [2.75, 3.05) is 30.6 Å². The first kappa shape index (κ1) is 30.0. The minimum absolute atomic E-state index is 0.0401. The van der Waals surface area contributed by atoms with Gasteiger partial charge in [0.05, 0.1) is 22.9 Å². The third-order valence-corrected chi connectivity index (χ3v) is 8.27. The summed E-state index contributed by atoms with van der Waals surface area (Å²) in [5, 5.41) is 7.09. The number of ether oxygens (including phenoxy) is 2. The van der Waals surface area contributed by atoms with Crippen LogP contribution in [0.15, 0.2) is 82.8 Å². The number of benzene rings is 3. The maximum atomic E-state index is 13.5. The molecule has 3 aromatic rings. The molecular formula is C29H31ClN4O6S. The molecule has 0 spiro atoms. The topological polar surface area (TPSA) is 126 Å². The highest BCUT2D eigenvalue weighted by Crippen LogP contribution is 2.29. The third kappa shape index (κ3) is 8.53. The Bertz CT molecular complexity index is 1480. The lowest BCUT2D eigenvalue weighted by Crippen LogP contribution is -2.40. The van der Waals surface area contributed by atoms with Gasteiger partial charge < -0.3 is 14.8 Å². The molecule has 1 saturated heterocycles. The zero-order chi connectivity index (χ0) is 29.2. The first-order valence-electron chi connectivity index (χ1n) is 13.0. The van der Waals surface area contributed by atoms with Gasteiger partial charge in [-0.25, -0.2) is 13.8 Å². The molecule has 1 fully saturated rings. The van der Waals surface area contributed by atoms with Gasteiger partial charge in [0, 0.05) is 18.2 Å². The van der Waals surface area contributed by atoms with E-state index >= 15 is 0 Å². The Balaban J connectivity index is 1.34. The van der Waals surface area contributed by atoms with Gasteiger partial charge in [0.25, 0.3) is 21.8 Å². The Labute approximate surface area is 244 Å². The van der Waals surface area contributed by atoms with Gasteiger partial charge in [-0.2, -0.15) is 5.10 Å². The van der Waals surface area contributed by atoms with E-state index in [2.05, 4.69) is 15.8 Å². The van der Waals surface area contributed by atoms with Gasteiger partial charge in [-0.1, -0.05) is 35.9 Å². The number of rotatable bonds is 12. The molecule has 3 aromatic carbocycles. The Morgan fingerprint density at radius 2 is 1.85 bits per heavy atom. The van der Waals surface area contributed by atoms with Gasteiger partial charge in [-0.3, -0.25) is 13.9 Å². The molecule has 0 unspecified atom stereocenters. The fourth-order valence-corrected chi connectivity index (χ4v) is 5.76. The average molecular weight is 599 g/mol. The number of carbonyl (C=O) groups excluding carboxylic acids is 2. The van der Waals surface area contributed by atoms with Crippen molar-refractivity contribution in [1.29, 1.82) is 0 Å². The fourth-order valence-electron chi connectivity index (χ4n) is 4.10. The van der Waals surface area contributed by atoms with Gasteiger partial charge in [-0.15, -0.1) is 0 Å². The Morgan fingerprint density at radius 3 is 2.56 bits per heavy atom. The van der Waals surface area contributed by atoms with Crippen molar-refractivity contribution in [2.45, 2.75) is 30.8 Å². The molecule has 1 aliphatic heterocycles. The van der Waals surface area contributed by atoms with Gasteiger partial charge in [0.15, 0.2) is 6.61 Å². The number of halogens is 1. The van der Waals surface area contributed by atoms with Gasteiger partial charge >= 0.3 is 0 Å². The van der Waals surface area contributed by atoms with Crippen LogP contribution in [0.4, 0.5) is 5.69 Å². The normalized spacial score (nSPS) is 15.0. The molecule has 0 aromatic heterocycles. The lowest BCUT2D eigenvalue weighted by Gasteiger charge is -2.25. The van der Waals surface area contributed by atoms with Crippen LogP contribution < -0.4 is 19.8 Å². The molecule has 0 aliphatic carbocycles. The number of nitrogens with one attached hydrogen (secondary N) is 2. The predicted molar refractivity (Wildman–Crippen MR) is 157 cm³/mol. The molecule has 4 rings (SSSR count). The SMILES string of the molecule is Cc1ccc(Cl)cc1N(CC(=O)N/N=C\c1ccc(OCC(=O)NC[C@@H]2CCCO2)cc1)S(=O)(=O)c1ccccc1. The summed E-state index contributed by atoms with van der Waals surface area (Å²) in [6, 6.07) is 19.4. The highest BCUT2D eigenvalue weighted by atomic mass is 35.5. The van der Waals surface area contributed by atoms with E-state index in [1.54, 1.807) is 61.5 Å². The van der Waals surface area contributed by atoms with E-state index < -0.39 is 22.5 Å². The van der Waals surface area contributed by atoms with Crippen LogP contribution in [-0.4, -0.2) is 58.9 Å². The fraction of sp³-hybridized carbons (Fsp3) is 0.276. The molecule has 216 valence electrons. The van der Waals surface area contributed by atoms with Gasteiger partial charge in [0.2, 0.25) is 0 Å². The molecule has 2 N–H and O–H groups in total. The van der Waals surface area contributed by atoms with Crippen molar-refractivity contribution in [3.63, 3.8) is 0 Å². The molecular weight excluding hydrogens is 568 g/mol. The first-order chi connectivity index (χ1) is 19.7. The van der Waals surface area contributed by atoms with Crippen LogP contribution >= 0.6 is 11.6 Å². The highest BCUT2D eigenvalue weighted by Gasteiger charge is 2.28. The van der Waals surface area contributed by atoms with Crippen LogP contribution in [0, 0.1) is 6.92 Å². The molecule has 1 aliphatic rings. The second-order valence-corrected chi connectivity index (χ2v) is 11.6. The second kappa shape index (κ2) is 14.1. The summed E-state index contributed by atoms with van der Waals surface area (Å²) < 4.78 is 39.0. The first-order valence-corrected chi connectivity index (χ1v) is 14.8. The average Bonchev–Trinajstić information content (AvgIpc) is 3.50. The smallest absolute Gasteiger partial charge is 0.264 e. The lowest BCUT2D eigenvalue weighted by molar-refractivity contribution is -0.123. The molecule has 0 radical (unpaired) electrons. The Morgan fingerprint density at radius 1 is 1.10 bits per heavy atom. The zero-order valence-corrected chi connectivity index (χ0v) is 24.0. The second-order valence-electron chi connectivity index (χ2n) is 9.35. The summed E-state index contributed by atoms with van der Waals surface area (Å²) in [5.41, 5.74) is 3.95. The molecule has 41 heavy (non-hydrogen) atoms. The maximum Gasteiger partial charge on any atom is 0.264 e. The number of sulfonamides is 1. The van der Waals surface area contributed by atoms with Crippen LogP contribution in [0.2, 0.25) is 5.02 Å². The number of hydrogen-bond acceptors (Lipinski definition) is 7. The number of carbonyl (C=O) groups is 2. The van der Waals surface area contributed by atoms with E-state index in [0.717, 1.165) is 23.8 Å².